The smallest absolute Gasteiger partial charge is 0.256 e. The van der Waals surface area contributed by atoms with Gasteiger partial charge in [-0.1, -0.05) is 12.1 Å². The molecule has 0 bridgehead atoms. The molecule has 0 aliphatic rings. The Kier molecular flexibility index (Phi) is 4.49. The van der Waals surface area contributed by atoms with Gasteiger partial charge in [-0.3, -0.25) is 4.79 Å². The number of benzene rings is 2. The van der Waals surface area contributed by atoms with Crippen molar-refractivity contribution in [1.82, 2.24) is 0 Å². The van der Waals surface area contributed by atoms with Crippen LogP contribution in [0.4, 0.5) is 10.1 Å². The summed E-state index contributed by atoms with van der Waals surface area (Å²) in [5, 5.41) is 11.7. The second-order valence-electron chi connectivity index (χ2n) is 3.94. The second kappa shape index (κ2) is 6.12. The van der Waals surface area contributed by atoms with Gasteiger partial charge >= 0.3 is 0 Å². The maximum atomic E-state index is 13.0. The Morgan fingerprint density at radius 3 is 2.74 bits per heavy atom. The van der Waals surface area contributed by atoms with Crippen molar-refractivity contribution in [2.45, 2.75) is 6.61 Å². The predicted octanol–water partition coefficient (Wildman–Crippen LogP) is 3.17. The zero-order valence-corrected chi connectivity index (χ0v) is 12.0. The summed E-state index contributed by atoms with van der Waals surface area (Å²) in [4.78, 5) is 12.0. The van der Waals surface area contributed by atoms with E-state index < -0.39 is 0 Å². The van der Waals surface area contributed by atoms with Crippen molar-refractivity contribution in [3.8, 4) is 0 Å². The standard InChI is InChI=1S/C14H11FINO2/c15-10-4-5-12(13(16)7-10)14(19)17-11-3-1-2-9(6-11)8-18/h1-7,18H,8H2,(H,17,19). The number of nitrogens with one attached hydrogen (secondary N) is 1. The van der Waals surface area contributed by atoms with Gasteiger partial charge in [0.05, 0.1) is 12.2 Å². The number of amides is 1. The molecule has 0 radical (unpaired) electrons. The predicted molar refractivity (Wildman–Crippen MR) is 79.4 cm³/mol. The van der Waals surface area contributed by atoms with Crippen molar-refractivity contribution in [2.24, 2.45) is 0 Å². The summed E-state index contributed by atoms with van der Waals surface area (Å²) in [5.74, 6) is -0.678. The lowest BCUT2D eigenvalue weighted by atomic mass is 10.2. The van der Waals surface area contributed by atoms with Crippen molar-refractivity contribution in [2.75, 3.05) is 5.32 Å². The first-order valence-corrected chi connectivity index (χ1v) is 6.64. The highest BCUT2D eigenvalue weighted by atomic mass is 127. The number of hydrogen-bond donors (Lipinski definition) is 2. The van der Waals surface area contributed by atoms with Gasteiger partial charge in [-0.05, 0) is 58.5 Å². The van der Waals surface area contributed by atoms with E-state index in [-0.39, 0.29) is 18.3 Å². The van der Waals surface area contributed by atoms with E-state index in [2.05, 4.69) is 5.32 Å². The minimum absolute atomic E-state index is 0.0855. The monoisotopic (exact) mass is 371 g/mol. The highest BCUT2D eigenvalue weighted by Crippen LogP contribution is 2.17. The molecule has 0 unspecified atom stereocenters. The summed E-state index contributed by atoms with van der Waals surface area (Å²) in [5.41, 5.74) is 1.72. The van der Waals surface area contributed by atoms with Crippen LogP contribution in [0.5, 0.6) is 0 Å². The van der Waals surface area contributed by atoms with Crippen LogP contribution in [0, 0.1) is 9.39 Å². The van der Waals surface area contributed by atoms with Crippen LogP contribution in [0.1, 0.15) is 15.9 Å². The van der Waals surface area contributed by atoms with Gasteiger partial charge in [0, 0.05) is 9.26 Å². The Bertz CT molecular complexity index is 616. The van der Waals surface area contributed by atoms with Gasteiger partial charge in [0.1, 0.15) is 5.82 Å². The molecule has 0 aliphatic heterocycles. The number of hydrogen-bond acceptors (Lipinski definition) is 2. The van der Waals surface area contributed by atoms with Crippen molar-refractivity contribution >= 4 is 34.2 Å². The average molecular weight is 371 g/mol. The van der Waals surface area contributed by atoms with Crippen LogP contribution in [-0.2, 0) is 6.61 Å². The number of halogens is 2. The van der Waals surface area contributed by atoms with Gasteiger partial charge in [-0.25, -0.2) is 4.39 Å². The zero-order valence-electron chi connectivity index (χ0n) is 9.86. The molecular formula is C14H11FINO2. The molecule has 2 aromatic carbocycles. The topological polar surface area (TPSA) is 49.3 Å². The van der Waals surface area contributed by atoms with E-state index in [4.69, 9.17) is 5.11 Å². The molecule has 0 heterocycles. The van der Waals surface area contributed by atoms with Crippen LogP contribution in [0.2, 0.25) is 0 Å². The first-order chi connectivity index (χ1) is 9.10. The molecule has 0 fully saturated rings. The molecule has 19 heavy (non-hydrogen) atoms. The molecule has 0 saturated carbocycles. The Morgan fingerprint density at radius 1 is 1.26 bits per heavy atom. The van der Waals surface area contributed by atoms with Gasteiger partial charge in [-0.2, -0.15) is 0 Å². The van der Waals surface area contributed by atoms with E-state index in [1.54, 1.807) is 24.3 Å². The van der Waals surface area contributed by atoms with Crippen molar-refractivity contribution in [3.63, 3.8) is 0 Å². The third-order valence-corrected chi connectivity index (χ3v) is 3.44. The fourth-order valence-corrected chi connectivity index (χ4v) is 2.34. The van der Waals surface area contributed by atoms with E-state index in [0.29, 0.717) is 20.4 Å². The minimum Gasteiger partial charge on any atom is -0.392 e. The minimum atomic E-state index is -0.372. The number of aliphatic hydroxyl groups excluding tert-OH is 1. The first-order valence-electron chi connectivity index (χ1n) is 5.56. The number of rotatable bonds is 3. The largest absolute Gasteiger partial charge is 0.392 e. The summed E-state index contributed by atoms with van der Waals surface area (Å²) in [6.07, 6.45) is 0. The maximum absolute atomic E-state index is 13.0. The number of carbonyl (C=O) groups is 1. The summed E-state index contributed by atoms with van der Waals surface area (Å²) in [6.45, 7) is -0.0855. The molecule has 5 heteroatoms. The summed E-state index contributed by atoms with van der Waals surface area (Å²) < 4.78 is 13.5. The molecule has 2 N–H and O–H groups in total. The van der Waals surface area contributed by atoms with Crippen molar-refractivity contribution in [1.29, 1.82) is 0 Å². The van der Waals surface area contributed by atoms with Gasteiger partial charge in [-0.15, -0.1) is 0 Å². The van der Waals surface area contributed by atoms with E-state index in [9.17, 15) is 9.18 Å². The molecule has 0 atom stereocenters. The van der Waals surface area contributed by atoms with Gasteiger partial charge < -0.3 is 10.4 Å². The van der Waals surface area contributed by atoms with Gasteiger partial charge in [0.2, 0.25) is 0 Å². The molecule has 0 saturated heterocycles. The third-order valence-electron chi connectivity index (χ3n) is 2.54. The van der Waals surface area contributed by atoms with Crippen molar-refractivity contribution < 1.29 is 14.3 Å². The Labute approximate surface area is 123 Å². The molecule has 3 nitrogen and oxygen atoms in total. The van der Waals surface area contributed by atoms with Crippen LogP contribution in [0.3, 0.4) is 0 Å². The lowest BCUT2D eigenvalue weighted by Gasteiger charge is -2.08. The maximum Gasteiger partial charge on any atom is 0.256 e. The third kappa shape index (κ3) is 3.51. The van der Waals surface area contributed by atoms with Crippen molar-refractivity contribution in [3.05, 3.63) is 63.0 Å². The van der Waals surface area contributed by atoms with E-state index in [0.717, 1.165) is 0 Å². The number of aliphatic hydroxyl groups is 1. The van der Waals surface area contributed by atoms with Gasteiger partial charge in [0.25, 0.3) is 5.91 Å². The highest BCUT2D eigenvalue weighted by Gasteiger charge is 2.11. The molecular weight excluding hydrogens is 360 g/mol. The quantitative estimate of drug-likeness (QED) is 0.815. The summed E-state index contributed by atoms with van der Waals surface area (Å²) in [7, 11) is 0. The Hall–Kier alpha value is -1.47. The van der Waals surface area contributed by atoms with E-state index in [1.165, 1.54) is 18.2 Å². The molecule has 0 aliphatic carbocycles. The molecule has 0 spiro atoms. The fraction of sp³-hybridized carbons (Fsp3) is 0.0714. The van der Waals surface area contributed by atoms with Crippen LogP contribution < -0.4 is 5.32 Å². The summed E-state index contributed by atoms with van der Waals surface area (Å²) in [6, 6.07) is 10.9. The SMILES string of the molecule is O=C(Nc1cccc(CO)c1)c1ccc(F)cc1I. The average Bonchev–Trinajstić information content (AvgIpc) is 2.38. The molecule has 1 amide bonds. The zero-order chi connectivity index (χ0) is 13.8. The van der Waals surface area contributed by atoms with E-state index in [1.807, 2.05) is 22.6 Å². The Balaban J connectivity index is 2.20. The Morgan fingerprint density at radius 2 is 2.05 bits per heavy atom. The lowest BCUT2D eigenvalue weighted by molar-refractivity contribution is 0.102. The van der Waals surface area contributed by atoms with Crippen LogP contribution in [0.15, 0.2) is 42.5 Å². The lowest BCUT2D eigenvalue weighted by Crippen LogP contribution is -2.13. The normalized spacial score (nSPS) is 10.3. The highest BCUT2D eigenvalue weighted by molar-refractivity contribution is 14.1. The van der Waals surface area contributed by atoms with E-state index >= 15 is 0 Å². The number of carbonyl (C=O) groups excluding carboxylic acids is 1. The van der Waals surface area contributed by atoms with Gasteiger partial charge in [0.15, 0.2) is 0 Å². The molecule has 2 rings (SSSR count). The second-order valence-corrected chi connectivity index (χ2v) is 5.10. The molecule has 0 aromatic heterocycles. The molecule has 98 valence electrons. The summed E-state index contributed by atoms with van der Waals surface area (Å²) >= 11 is 1.92. The van der Waals surface area contributed by atoms with Crippen LogP contribution in [0.25, 0.3) is 0 Å². The first kappa shape index (κ1) is 14.0. The fourth-order valence-electron chi connectivity index (χ4n) is 1.62. The molecule has 2 aromatic rings. The number of anilines is 1. The van der Waals surface area contributed by atoms with Crippen LogP contribution in [-0.4, -0.2) is 11.0 Å². The van der Waals surface area contributed by atoms with Crippen LogP contribution >= 0.6 is 22.6 Å².